The van der Waals surface area contributed by atoms with Crippen molar-refractivity contribution in [3.05, 3.63) is 29.8 Å². The van der Waals surface area contributed by atoms with Crippen molar-refractivity contribution >= 4 is 17.5 Å². The second-order valence-electron chi connectivity index (χ2n) is 6.50. The molecule has 0 radical (unpaired) electrons. The number of rotatable bonds is 7. The summed E-state index contributed by atoms with van der Waals surface area (Å²) in [7, 11) is 3.98. The number of hydrogen-bond acceptors (Lipinski definition) is 5. The van der Waals surface area contributed by atoms with Gasteiger partial charge in [0.1, 0.15) is 19.1 Å². The quantitative estimate of drug-likeness (QED) is 0.417. The van der Waals surface area contributed by atoms with Crippen LogP contribution in [0.4, 0.5) is 5.69 Å². The van der Waals surface area contributed by atoms with E-state index in [-0.39, 0.29) is 19.2 Å². The summed E-state index contributed by atoms with van der Waals surface area (Å²) < 4.78 is 5.44. The predicted molar refractivity (Wildman–Crippen MR) is 98.1 cm³/mol. The van der Waals surface area contributed by atoms with Crippen LogP contribution in [0.5, 0.6) is 0 Å². The van der Waals surface area contributed by atoms with Gasteiger partial charge < -0.3 is 30.3 Å². The Morgan fingerprint density at radius 1 is 1.15 bits per heavy atom. The first-order valence-corrected chi connectivity index (χ1v) is 8.89. The second kappa shape index (κ2) is 10.1. The van der Waals surface area contributed by atoms with Crippen LogP contribution in [-0.4, -0.2) is 77.0 Å². The molecule has 0 unspecified atom stereocenters. The van der Waals surface area contributed by atoms with E-state index < -0.39 is 11.8 Å². The number of nitrogens with one attached hydrogen (secondary N) is 3. The van der Waals surface area contributed by atoms with Gasteiger partial charge in [-0.1, -0.05) is 12.1 Å². The molecule has 26 heavy (non-hydrogen) atoms. The molecule has 0 spiro atoms. The Bertz CT molecular complexity index is 585. The summed E-state index contributed by atoms with van der Waals surface area (Å²) in [5.74, 6) is -1.40. The minimum atomic E-state index is -0.724. The first-order valence-electron chi connectivity index (χ1n) is 8.89. The number of benzene rings is 1. The summed E-state index contributed by atoms with van der Waals surface area (Å²) in [6.07, 6.45) is 0. The number of anilines is 1. The summed E-state index contributed by atoms with van der Waals surface area (Å²) in [6, 6.07) is 8.29. The van der Waals surface area contributed by atoms with Crippen molar-refractivity contribution in [1.82, 2.24) is 10.6 Å². The first-order chi connectivity index (χ1) is 12.5. The molecular weight excluding hydrogens is 336 g/mol. The van der Waals surface area contributed by atoms with Gasteiger partial charge in [-0.15, -0.1) is 0 Å². The lowest BCUT2D eigenvalue weighted by molar-refractivity contribution is -0.937. The number of aliphatic hydroxyl groups is 1. The molecule has 8 nitrogen and oxygen atoms in total. The van der Waals surface area contributed by atoms with E-state index in [1.807, 2.05) is 19.0 Å². The summed E-state index contributed by atoms with van der Waals surface area (Å²) in [6.45, 7) is 3.31. The highest BCUT2D eigenvalue weighted by molar-refractivity contribution is 6.35. The van der Waals surface area contributed by atoms with E-state index in [0.717, 1.165) is 24.3 Å². The lowest BCUT2D eigenvalue weighted by Crippen LogP contribution is -3.15. The second-order valence-corrected chi connectivity index (χ2v) is 6.50. The topological polar surface area (TPSA) is 95.3 Å². The van der Waals surface area contributed by atoms with Gasteiger partial charge in [0.25, 0.3) is 0 Å². The van der Waals surface area contributed by atoms with Crippen LogP contribution < -0.4 is 20.4 Å². The molecule has 0 bridgehead atoms. The Kier molecular flexibility index (Phi) is 7.83. The minimum absolute atomic E-state index is 0.0460. The Labute approximate surface area is 154 Å². The van der Waals surface area contributed by atoms with Crippen LogP contribution in [0.3, 0.4) is 0 Å². The molecule has 2 amide bonds. The fraction of sp³-hybridized carbons (Fsp3) is 0.556. The summed E-state index contributed by atoms with van der Waals surface area (Å²) in [5, 5.41) is 13.8. The highest BCUT2D eigenvalue weighted by Crippen LogP contribution is 2.16. The van der Waals surface area contributed by atoms with Gasteiger partial charge in [-0.05, 0) is 12.1 Å². The van der Waals surface area contributed by atoms with Crippen molar-refractivity contribution < 1.29 is 24.3 Å². The molecule has 1 atom stereocenters. The van der Waals surface area contributed by atoms with Crippen LogP contribution in [0.1, 0.15) is 11.6 Å². The number of carbonyl (C=O) groups excluding carboxylic acids is 2. The van der Waals surface area contributed by atoms with Crippen LogP contribution in [0.25, 0.3) is 0 Å². The average molecular weight is 365 g/mol. The highest BCUT2D eigenvalue weighted by Gasteiger charge is 2.27. The molecule has 2 rings (SSSR count). The zero-order chi connectivity index (χ0) is 18.9. The third-order valence-corrected chi connectivity index (χ3v) is 4.51. The van der Waals surface area contributed by atoms with Crippen molar-refractivity contribution in [3.63, 3.8) is 0 Å². The fourth-order valence-corrected chi connectivity index (χ4v) is 3.01. The van der Waals surface area contributed by atoms with Crippen molar-refractivity contribution in [2.45, 2.75) is 6.04 Å². The van der Waals surface area contributed by atoms with E-state index in [0.29, 0.717) is 19.8 Å². The van der Waals surface area contributed by atoms with Gasteiger partial charge in [-0.25, -0.2) is 0 Å². The van der Waals surface area contributed by atoms with E-state index in [1.54, 1.807) is 0 Å². The average Bonchev–Trinajstić information content (AvgIpc) is 2.67. The normalized spacial score (nSPS) is 16.0. The summed E-state index contributed by atoms with van der Waals surface area (Å²) >= 11 is 0. The first kappa shape index (κ1) is 20.2. The number of carbonyl (C=O) groups is 2. The molecule has 1 saturated heterocycles. The van der Waals surface area contributed by atoms with E-state index in [4.69, 9.17) is 9.84 Å². The number of hydrogen-bond donors (Lipinski definition) is 4. The van der Waals surface area contributed by atoms with Gasteiger partial charge in [0, 0.05) is 31.9 Å². The minimum Gasteiger partial charge on any atom is -0.395 e. The Morgan fingerprint density at radius 3 is 2.35 bits per heavy atom. The number of amides is 2. The molecule has 1 aliphatic rings. The molecule has 1 fully saturated rings. The molecule has 1 aromatic rings. The number of morpholine rings is 1. The van der Waals surface area contributed by atoms with E-state index in [1.165, 1.54) is 4.90 Å². The largest absolute Gasteiger partial charge is 0.395 e. The molecule has 1 aliphatic heterocycles. The number of nitrogens with zero attached hydrogens (tertiary/aromatic N) is 1. The zero-order valence-corrected chi connectivity index (χ0v) is 15.5. The summed E-state index contributed by atoms with van der Waals surface area (Å²) in [4.78, 5) is 27.0. The number of ether oxygens (including phenoxy) is 1. The monoisotopic (exact) mass is 365 g/mol. The van der Waals surface area contributed by atoms with Gasteiger partial charge in [-0.2, -0.15) is 0 Å². The van der Waals surface area contributed by atoms with E-state index >= 15 is 0 Å². The third kappa shape index (κ3) is 5.69. The standard InChI is InChI=1S/C18H28N4O4/c1-21(2)15-5-3-14(4-6-15)16(22-8-11-26-12-9-22)13-20-18(25)17(24)19-7-10-23/h3-6,16,23H,7-13H2,1-2H3,(H,19,24)(H,20,25)/p+1/t16-/m1/s1. The van der Waals surface area contributed by atoms with E-state index in [2.05, 4.69) is 34.9 Å². The van der Waals surface area contributed by atoms with Gasteiger partial charge in [0.15, 0.2) is 0 Å². The molecule has 8 heteroatoms. The fourth-order valence-electron chi connectivity index (χ4n) is 3.01. The summed E-state index contributed by atoms with van der Waals surface area (Å²) in [5.41, 5.74) is 2.22. The Hall–Kier alpha value is -2.16. The Balaban J connectivity index is 2.06. The maximum absolute atomic E-state index is 12.0. The smallest absolute Gasteiger partial charge is 0.309 e. The van der Waals surface area contributed by atoms with Gasteiger partial charge in [0.05, 0.1) is 26.4 Å². The van der Waals surface area contributed by atoms with Crippen molar-refractivity contribution in [3.8, 4) is 0 Å². The molecule has 0 aromatic heterocycles. The van der Waals surface area contributed by atoms with Crippen LogP contribution in [0, 0.1) is 0 Å². The van der Waals surface area contributed by atoms with E-state index in [9.17, 15) is 9.59 Å². The molecule has 144 valence electrons. The molecule has 1 heterocycles. The lowest BCUT2D eigenvalue weighted by atomic mass is 10.0. The van der Waals surface area contributed by atoms with Crippen LogP contribution in [0.2, 0.25) is 0 Å². The zero-order valence-electron chi connectivity index (χ0n) is 15.5. The molecule has 4 N–H and O–H groups in total. The van der Waals surface area contributed by atoms with Gasteiger partial charge >= 0.3 is 11.8 Å². The third-order valence-electron chi connectivity index (χ3n) is 4.51. The maximum atomic E-state index is 12.0. The molecular formula is C18H29N4O4+. The van der Waals surface area contributed by atoms with Crippen molar-refractivity contribution in [1.29, 1.82) is 0 Å². The molecule has 1 aromatic carbocycles. The van der Waals surface area contributed by atoms with Gasteiger partial charge in [0.2, 0.25) is 0 Å². The number of aliphatic hydroxyl groups excluding tert-OH is 1. The lowest BCUT2D eigenvalue weighted by Gasteiger charge is -2.32. The van der Waals surface area contributed by atoms with Crippen LogP contribution in [-0.2, 0) is 14.3 Å². The van der Waals surface area contributed by atoms with Gasteiger partial charge in [-0.3, -0.25) is 9.59 Å². The predicted octanol–water partition coefficient (Wildman–Crippen LogP) is -2.07. The molecule has 0 saturated carbocycles. The van der Waals surface area contributed by atoms with Crippen molar-refractivity contribution in [2.75, 3.05) is 65.0 Å². The SMILES string of the molecule is CN(C)c1ccc([C@@H](CNC(=O)C(=O)NCCO)[NH+]2CCOCC2)cc1. The Morgan fingerprint density at radius 2 is 1.77 bits per heavy atom. The number of quaternary nitrogens is 1. The van der Waals surface area contributed by atoms with Crippen LogP contribution >= 0.6 is 0 Å². The maximum Gasteiger partial charge on any atom is 0.309 e. The molecule has 0 aliphatic carbocycles. The van der Waals surface area contributed by atoms with Crippen LogP contribution in [0.15, 0.2) is 24.3 Å². The highest BCUT2D eigenvalue weighted by atomic mass is 16.5. The van der Waals surface area contributed by atoms with Crippen molar-refractivity contribution in [2.24, 2.45) is 0 Å².